The molecule has 1 aromatic rings. The van der Waals surface area contributed by atoms with Gasteiger partial charge in [0, 0.05) is 42.3 Å². The molecule has 0 aromatic carbocycles. The number of carbonyl (C=O) groups excluding carboxylic acids is 2. The molecule has 0 spiro atoms. The summed E-state index contributed by atoms with van der Waals surface area (Å²) in [5.41, 5.74) is 0. The lowest BCUT2D eigenvalue weighted by Crippen LogP contribution is -2.37. The summed E-state index contributed by atoms with van der Waals surface area (Å²) in [7, 11) is 7.27. The molecule has 9 nitrogen and oxygen atoms in total. The number of alkyl carbamates (subject to hydrolysis) is 1. The second-order valence-corrected chi connectivity index (χ2v) is 16.0. The fraction of sp³-hybridized carbons (Fsp3) is 0.800. The van der Waals surface area contributed by atoms with Gasteiger partial charge in [0.2, 0.25) is 5.95 Å². The summed E-state index contributed by atoms with van der Waals surface area (Å²) in [6.45, 7) is 11.1. The fourth-order valence-corrected chi connectivity index (χ4v) is 9.31. The smallest absolute Gasteiger partial charge is 0.414 e. The molecule has 1 saturated heterocycles. The molecule has 0 radical (unpaired) electrons. The van der Waals surface area contributed by atoms with Crippen LogP contribution in [0.5, 0.6) is 0 Å². The van der Waals surface area contributed by atoms with Crippen LogP contribution in [-0.4, -0.2) is 77.5 Å². The molecular formula is C30H53N5O4S4. The molecule has 1 fully saturated rings. The van der Waals surface area contributed by atoms with Gasteiger partial charge in [-0.3, -0.25) is 5.32 Å². The number of hydrogen-bond acceptors (Lipinski definition) is 11. The number of hydrogen-bond donors (Lipinski definition) is 2. The maximum absolute atomic E-state index is 12.3. The highest BCUT2D eigenvalue weighted by atomic mass is 33.1. The van der Waals surface area contributed by atoms with Crippen molar-refractivity contribution in [3.8, 4) is 0 Å². The lowest BCUT2D eigenvalue weighted by molar-refractivity contribution is 0.150. The van der Waals surface area contributed by atoms with Crippen LogP contribution in [0.15, 0.2) is 12.3 Å². The second kappa shape index (κ2) is 24.1. The third-order valence-corrected chi connectivity index (χ3v) is 12.4. The topological polar surface area (TPSA) is 106 Å². The van der Waals surface area contributed by atoms with Crippen LogP contribution < -0.4 is 15.5 Å². The predicted octanol–water partition coefficient (Wildman–Crippen LogP) is 8.53. The van der Waals surface area contributed by atoms with E-state index in [9.17, 15) is 9.59 Å². The molecule has 43 heavy (non-hydrogen) atoms. The van der Waals surface area contributed by atoms with Crippen molar-refractivity contribution in [3.05, 3.63) is 12.3 Å². The minimum Gasteiger partial charge on any atom is -0.449 e. The molecule has 13 heteroatoms. The van der Waals surface area contributed by atoms with E-state index in [-0.39, 0.29) is 18.1 Å². The first-order chi connectivity index (χ1) is 21.0. The number of anilines is 2. The summed E-state index contributed by atoms with van der Waals surface area (Å²) in [5.74, 6) is 6.26. The van der Waals surface area contributed by atoms with Crippen molar-refractivity contribution in [1.82, 2.24) is 15.3 Å². The van der Waals surface area contributed by atoms with E-state index in [4.69, 9.17) is 9.47 Å². The van der Waals surface area contributed by atoms with Gasteiger partial charge in [-0.1, -0.05) is 109 Å². The average molecular weight is 676 g/mol. The number of nitrogens with zero attached hydrogens (tertiary/aromatic N) is 3. The zero-order valence-corrected chi connectivity index (χ0v) is 29.8. The molecule has 2 N–H and O–H groups in total. The van der Waals surface area contributed by atoms with Gasteiger partial charge in [-0.05, 0) is 37.2 Å². The summed E-state index contributed by atoms with van der Waals surface area (Å²) in [6.07, 6.45) is 11.6. The van der Waals surface area contributed by atoms with Crippen molar-refractivity contribution in [2.75, 3.05) is 59.5 Å². The van der Waals surface area contributed by atoms with Gasteiger partial charge < -0.3 is 19.7 Å². The van der Waals surface area contributed by atoms with Crippen LogP contribution in [0, 0.1) is 11.8 Å². The number of rotatable bonds is 23. The first kappa shape index (κ1) is 38.0. The maximum atomic E-state index is 12.3. The van der Waals surface area contributed by atoms with E-state index in [2.05, 4.69) is 53.2 Å². The van der Waals surface area contributed by atoms with Crippen LogP contribution in [0.3, 0.4) is 0 Å². The highest BCUT2D eigenvalue weighted by Gasteiger charge is 2.25. The van der Waals surface area contributed by atoms with E-state index < -0.39 is 6.09 Å². The Morgan fingerprint density at radius 2 is 1.53 bits per heavy atom. The van der Waals surface area contributed by atoms with E-state index >= 15 is 0 Å². The minimum atomic E-state index is -0.556. The van der Waals surface area contributed by atoms with Gasteiger partial charge in [0.1, 0.15) is 19.0 Å². The van der Waals surface area contributed by atoms with Gasteiger partial charge in [0.05, 0.1) is 6.04 Å². The normalized spacial score (nSPS) is 16.1. The molecule has 2 heterocycles. The fourth-order valence-electron chi connectivity index (χ4n) is 4.55. The zero-order valence-electron chi connectivity index (χ0n) is 26.5. The average Bonchev–Trinajstić information content (AvgIpc) is 3.48. The molecule has 2 rings (SSSR count). The first-order valence-electron chi connectivity index (χ1n) is 15.9. The van der Waals surface area contributed by atoms with Crippen LogP contribution in [0.1, 0.15) is 85.5 Å². The molecule has 0 bridgehead atoms. The number of nitrogens with one attached hydrogen (secondary N) is 2. The van der Waals surface area contributed by atoms with Gasteiger partial charge in [0.25, 0.3) is 0 Å². The Morgan fingerprint density at radius 3 is 2.12 bits per heavy atom. The summed E-state index contributed by atoms with van der Waals surface area (Å²) in [6, 6.07) is 1.78. The predicted molar refractivity (Wildman–Crippen MR) is 189 cm³/mol. The van der Waals surface area contributed by atoms with Crippen molar-refractivity contribution in [1.29, 1.82) is 0 Å². The molecule has 0 unspecified atom stereocenters. The summed E-state index contributed by atoms with van der Waals surface area (Å²) in [5, 5.41) is 5.59. The Kier molecular flexibility index (Phi) is 21.3. The van der Waals surface area contributed by atoms with E-state index in [1.54, 1.807) is 33.9 Å². The Labute approximate surface area is 275 Å². The standard InChI is InChI=1S/C30H53N5O4S4/c1-5-9-11-24(7-3)22-42-40-19-17-38-29(36)32-26-14-16-35(21-26)27-13-15-31-28(33-27)34-30(37)39-18-20-41-43-23-25(8-4)12-10-6-2/h13,15,24-26H,5-12,14,16-23H2,1-4H3,(H,32,36)(H,31,33,34,37)/t24-,25-,26-/m1/s1. The molecule has 0 saturated carbocycles. The summed E-state index contributed by atoms with van der Waals surface area (Å²) >= 11 is 0. The van der Waals surface area contributed by atoms with Crippen LogP contribution in [0.2, 0.25) is 0 Å². The van der Waals surface area contributed by atoms with Gasteiger partial charge in [-0.2, -0.15) is 4.98 Å². The van der Waals surface area contributed by atoms with E-state index in [0.717, 1.165) is 47.8 Å². The molecule has 1 aliphatic rings. The quantitative estimate of drug-likeness (QED) is 0.0861. The van der Waals surface area contributed by atoms with Crippen LogP contribution in [0.25, 0.3) is 0 Å². The summed E-state index contributed by atoms with van der Waals surface area (Å²) < 4.78 is 10.7. The number of carbonyl (C=O) groups is 2. The number of ether oxygens (including phenoxy) is 2. The molecule has 246 valence electrons. The molecular weight excluding hydrogens is 623 g/mol. The van der Waals surface area contributed by atoms with Crippen molar-refractivity contribution >= 4 is 67.1 Å². The minimum absolute atomic E-state index is 0.0237. The van der Waals surface area contributed by atoms with Gasteiger partial charge >= 0.3 is 12.2 Å². The second-order valence-electron chi connectivity index (χ2n) is 10.8. The third kappa shape index (κ3) is 17.2. The molecule has 1 aromatic heterocycles. The molecule has 0 aliphatic carbocycles. The highest BCUT2D eigenvalue weighted by molar-refractivity contribution is 8.77. The van der Waals surface area contributed by atoms with Crippen LogP contribution >= 0.6 is 43.2 Å². The third-order valence-electron chi connectivity index (χ3n) is 7.35. The highest BCUT2D eigenvalue weighted by Crippen LogP contribution is 2.28. The SMILES string of the molecule is CCCC[C@@H](CC)CSSCCOC(=O)Nc1nccc(N2CC[C@@H](NC(=O)OCCSSC[C@H](CC)CCCC)C2)n1. The van der Waals surface area contributed by atoms with Crippen molar-refractivity contribution in [2.45, 2.75) is 91.5 Å². The van der Waals surface area contributed by atoms with Crippen molar-refractivity contribution < 1.29 is 19.1 Å². The van der Waals surface area contributed by atoms with Crippen molar-refractivity contribution in [3.63, 3.8) is 0 Å². The Hall–Kier alpha value is -1.18. The van der Waals surface area contributed by atoms with Gasteiger partial charge in [0.15, 0.2) is 0 Å². The molecule has 2 amide bonds. The number of amides is 2. The molecule has 3 atom stereocenters. The van der Waals surface area contributed by atoms with Gasteiger partial charge in [-0.25, -0.2) is 14.6 Å². The Balaban J connectivity index is 1.59. The van der Waals surface area contributed by atoms with Crippen LogP contribution in [0.4, 0.5) is 21.4 Å². The van der Waals surface area contributed by atoms with Crippen molar-refractivity contribution in [2.24, 2.45) is 11.8 Å². The van der Waals surface area contributed by atoms with E-state index in [1.165, 1.54) is 51.4 Å². The first-order valence-corrected chi connectivity index (χ1v) is 20.9. The lowest BCUT2D eigenvalue weighted by Gasteiger charge is -2.18. The van der Waals surface area contributed by atoms with Gasteiger partial charge in [-0.15, -0.1) is 0 Å². The number of unbranched alkanes of at least 4 members (excludes halogenated alkanes) is 2. The van der Waals surface area contributed by atoms with E-state index in [0.29, 0.717) is 25.6 Å². The number of aromatic nitrogens is 2. The Morgan fingerprint density at radius 1 is 0.930 bits per heavy atom. The maximum Gasteiger partial charge on any atom is 0.414 e. The monoisotopic (exact) mass is 675 g/mol. The van der Waals surface area contributed by atoms with E-state index in [1.807, 2.05) is 21.6 Å². The Bertz CT molecular complexity index is 904. The summed E-state index contributed by atoms with van der Waals surface area (Å²) in [4.78, 5) is 35.2. The zero-order chi connectivity index (χ0) is 31.1. The largest absolute Gasteiger partial charge is 0.449 e. The lowest BCUT2D eigenvalue weighted by atomic mass is 10.0. The molecule has 1 aliphatic heterocycles. The van der Waals surface area contributed by atoms with Crippen LogP contribution in [-0.2, 0) is 9.47 Å².